The van der Waals surface area contributed by atoms with Gasteiger partial charge in [0.25, 0.3) is 0 Å². The normalized spacial score (nSPS) is 23.5. The van der Waals surface area contributed by atoms with E-state index in [1.165, 1.54) is 44.7 Å². The topological polar surface area (TPSA) is 38.4 Å². The van der Waals surface area contributed by atoms with Crippen LogP contribution >= 0.6 is 0 Å². The number of likely N-dealkylation sites (tertiary alicyclic amines) is 1. The van der Waals surface area contributed by atoms with Crippen molar-refractivity contribution in [3.63, 3.8) is 0 Å². The Morgan fingerprint density at radius 2 is 1.88 bits per heavy atom. The summed E-state index contributed by atoms with van der Waals surface area (Å²) in [5.74, 6) is 1.09. The van der Waals surface area contributed by atoms with Crippen LogP contribution in [0.3, 0.4) is 0 Å². The van der Waals surface area contributed by atoms with Crippen molar-refractivity contribution in [1.82, 2.24) is 19.8 Å². The minimum Gasteiger partial charge on any atom is -0.369 e. The van der Waals surface area contributed by atoms with E-state index < -0.39 is 0 Å². The van der Waals surface area contributed by atoms with Crippen molar-refractivity contribution in [1.29, 1.82) is 0 Å². The molecule has 4 rings (SSSR count). The molecule has 2 fully saturated rings. The minimum atomic E-state index is 0.701. The second-order valence-corrected chi connectivity index (χ2v) is 6.93. The smallest absolute Gasteiger partial charge is 0.120 e. The molecule has 1 atom stereocenters. The summed E-state index contributed by atoms with van der Waals surface area (Å²) in [5, 5.41) is 0. The highest BCUT2D eigenvalue weighted by molar-refractivity contribution is 5.46. The van der Waals surface area contributed by atoms with E-state index in [1.807, 2.05) is 12.4 Å². The average molecular weight is 325 g/mol. The molecule has 2 saturated heterocycles. The van der Waals surface area contributed by atoms with Crippen LogP contribution in [-0.2, 0) is 6.54 Å². The second-order valence-electron chi connectivity index (χ2n) is 6.93. The number of anilines is 1. The van der Waals surface area contributed by atoms with Crippen molar-refractivity contribution >= 4 is 5.69 Å². The van der Waals surface area contributed by atoms with Crippen LogP contribution in [0.15, 0.2) is 42.7 Å². The van der Waals surface area contributed by atoms with Gasteiger partial charge in [-0.05, 0) is 31.5 Å². The molecule has 0 amide bonds. The molecule has 0 spiro atoms. The van der Waals surface area contributed by atoms with E-state index in [2.05, 4.69) is 55.0 Å². The van der Waals surface area contributed by atoms with Crippen LogP contribution in [0, 0.1) is 0 Å². The van der Waals surface area contributed by atoms with Crippen LogP contribution < -0.4 is 4.90 Å². The van der Waals surface area contributed by atoms with Crippen LogP contribution in [0.25, 0.3) is 0 Å². The van der Waals surface area contributed by atoms with Gasteiger partial charge in [0, 0.05) is 56.8 Å². The van der Waals surface area contributed by atoms with Gasteiger partial charge in [0.2, 0.25) is 0 Å². The molecule has 1 aromatic carbocycles. The molecule has 1 N–H and O–H groups in total. The molecule has 1 aromatic heterocycles. The fraction of sp³-hybridized carbons (Fsp3) is 0.526. The highest BCUT2D eigenvalue weighted by atomic mass is 15.3. The Labute approximate surface area is 144 Å². The predicted octanol–water partition coefficient (Wildman–Crippen LogP) is 2.20. The predicted molar refractivity (Wildman–Crippen MR) is 97.1 cm³/mol. The zero-order chi connectivity index (χ0) is 16.2. The third-order valence-corrected chi connectivity index (χ3v) is 5.36. The van der Waals surface area contributed by atoms with Crippen LogP contribution in [0.5, 0.6) is 0 Å². The number of hydrogen-bond acceptors (Lipinski definition) is 4. The van der Waals surface area contributed by atoms with Gasteiger partial charge in [-0.3, -0.25) is 9.80 Å². The Bertz CT molecular complexity index is 604. The Kier molecular flexibility index (Phi) is 4.81. The number of benzene rings is 1. The second kappa shape index (κ2) is 7.36. The lowest BCUT2D eigenvalue weighted by Crippen LogP contribution is -2.55. The molecule has 0 aliphatic carbocycles. The number of aromatic amines is 1. The lowest BCUT2D eigenvalue weighted by Gasteiger charge is -2.43. The number of aromatic nitrogens is 2. The Morgan fingerprint density at radius 3 is 2.62 bits per heavy atom. The number of para-hydroxylation sites is 1. The van der Waals surface area contributed by atoms with Gasteiger partial charge in [-0.15, -0.1) is 0 Å². The molecular formula is C19H27N5. The van der Waals surface area contributed by atoms with Gasteiger partial charge in [-0.25, -0.2) is 4.98 Å². The van der Waals surface area contributed by atoms with E-state index >= 15 is 0 Å². The number of H-pyrrole nitrogens is 1. The Morgan fingerprint density at radius 1 is 1.04 bits per heavy atom. The van der Waals surface area contributed by atoms with Gasteiger partial charge in [0.05, 0.1) is 6.54 Å². The molecule has 5 heteroatoms. The molecule has 0 radical (unpaired) electrons. The van der Waals surface area contributed by atoms with Gasteiger partial charge in [0.1, 0.15) is 5.82 Å². The van der Waals surface area contributed by atoms with Gasteiger partial charge in [0.15, 0.2) is 0 Å². The molecule has 2 aliphatic heterocycles. The zero-order valence-electron chi connectivity index (χ0n) is 14.3. The first-order chi connectivity index (χ1) is 11.9. The van der Waals surface area contributed by atoms with Crippen molar-refractivity contribution < 1.29 is 0 Å². The number of nitrogens with zero attached hydrogens (tertiary/aromatic N) is 4. The van der Waals surface area contributed by atoms with E-state index in [-0.39, 0.29) is 0 Å². The van der Waals surface area contributed by atoms with Gasteiger partial charge < -0.3 is 9.88 Å². The highest BCUT2D eigenvalue weighted by Gasteiger charge is 2.28. The molecule has 2 aliphatic rings. The molecule has 0 unspecified atom stereocenters. The number of piperazine rings is 1. The maximum absolute atomic E-state index is 4.37. The summed E-state index contributed by atoms with van der Waals surface area (Å²) in [5.41, 5.74) is 1.36. The van der Waals surface area contributed by atoms with Crippen LogP contribution in [-0.4, -0.2) is 65.1 Å². The first-order valence-electron chi connectivity index (χ1n) is 9.13. The monoisotopic (exact) mass is 325 g/mol. The molecule has 0 saturated carbocycles. The fourth-order valence-electron chi connectivity index (χ4n) is 4.05. The van der Waals surface area contributed by atoms with E-state index in [9.17, 15) is 0 Å². The number of imidazole rings is 1. The molecule has 2 aromatic rings. The quantitative estimate of drug-likeness (QED) is 0.935. The van der Waals surface area contributed by atoms with E-state index in [0.717, 1.165) is 25.5 Å². The molecule has 24 heavy (non-hydrogen) atoms. The Balaban J connectivity index is 1.30. The number of hydrogen-bond donors (Lipinski definition) is 1. The van der Waals surface area contributed by atoms with E-state index in [4.69, 9.17) is 0 Å². The van der Waals surface area contributed by atoms with Crippen molar-refractivity contribution in [3.8, 4) is 0 Å². The summed E-state index contributed by atoms with van der Waals surface area (Å²) in [6, 6.07) is 11.5. The van der Waals surface area contributed by atoms with Gasteiger partial charge in [-0.2, -0.15) is 0 Å². The largest absolute Gasteiger partial charge is 0.369 e. The number of piperidine rings is 1. The average Bonchev–Trinajstić information content (AvgIpc) is 3.16. The highest BCUT2D eigenvalue weighted by Crippen LogP contribution is 2.21. The summed E-state index contributed by atoms with van der Waals surface area (Å²) in [7, 11) is 0. The standard InChI is InChI=1S/C19H27N5/c1-2-5-17(6-3-1)23-11-13-24(14-12-23)18-7-4-10-22(15-18)16-19-20-8-9-21-19/h1-3,5-6,8-9,18H,4,7,10-16H2,(H,20,21)/t18-/m0/s1. The summed E-state index contributed by atoms with van der Waals surface area (Å²) in [4.78, 5) is 15.4. The van der Waals surface area contributed by atoms with Crippen molar-refractivity contribution in [3.05, 3.63) is 48.5 Å². The van der Waals surface area contributed by atoms with Gasteiger partial charge >= 0.3 is 0 Å². The third kappa shape index (κ3) is 3.62. The third-order valence-electron chi connectivity index (χ3n) is 5.36. The van der Waals surface area contributed by atoms with Crippen LogP contribution in [0.1, 0.15) is 18.7 Å². The van der Waals surface area contributed by atoms with E-state index in [0.29, 0.717) is 6.04 Å². The summed E-state index contributed by atoms with van der Waals surface area (Å²) in [6.07, 6.45) is 6.39. The van der Waals surface area contributed by atoms with Crippen molar-refractivity contribution in [2.75, 3.05) is 44.2 Å². The van der Waals surface area contributed by atoms with Gasteiger partial charge in [-0.1, -0.05) is 18.2 Å². The van der Waals surface area contributed by atoms with E-state index in [1.54, 1.807) is 0 Å². The van der Waals surface area contributed by atoms with Crippen LogP contribution in [0.2, 0.25) is 0 Å². The number of nitrogens with one attached hydrogen (secondary N) is 1. The number of rotatable bonds is 4. The summed E-state index contributed by atoms with van der Waals surface area (Å²) >= 11 is 0. The van der Waals surface area contributed by atoms with Crippen molar-refractivity contribution in [2.24, 2.45) is 0 Å². The fourth-order valence-corrected chi connectivity index (χ4v) is 4.05. The SMILES string of the molecule is c1ccc(N2CCN([C@H]3CCCN(Cc4ncc[nH]4)C3)CC2)cc1. The first-order valence-corrected chi connectivity index (χ1v) is 9.13. The lowest BCUT2D eigenvalue weighted by atomic mass is 10.0. The molecule has 0 bridgehead atoms. The minimum absolute atomic E-state index is 0.701. The Hall–Kier alpha value is -1.85. The maximum atomic E-state index is 4.37. The zero-order valence-corrected chi connectivity index (χ0v) is 14.3. The maximum Gasteiger partial charge on any atom is 0.120 e. The molecule has 128 valence electrons. The van der Waals surface area contributed by atoms with Crippen LogP contribution in [0.4, 0.5) is 5.69 Å². The lowest BCUT2D eigenvalue weighted by molar-refractivity contribution is 0.0875. The molecule has 3 heterocycles. The molecular weight excluding hydrogens is 298 g/mol. The van der Waals surface area contributed by atoms with Crippen molar-refractivity contribution in [2.45, 2.75) is 25.4 Å². The molecule has 5 nitrogen and oxygen atoms in total. The summed E-state index contributed by atoms with van der Waals surface area (Å²) < 4.78 is 0. The summed E-state index contributed by atoms with van der Waals surface area (Å²) in [6.45, 7) is 7.94. The first kappa shape index (κ1) is 15.7.